The highest BCUT2D eigenvalue weighted by Gasteiger charge is 2.34. The van der Waals surface area contributed by atoms with Crippen molar-refractivity contribution in [3.63, 3.8) is 0 Å². The fourth-order valence-electron chi connectivity index (χ4n) is 2.47. The smallest absolute Gasteiger partial charge is 0.228 e. The lowest BCUT2D eigenvalue weighted by atomic mass is 9.80. The predicted molar refractivity (Wildman–Crippen MR) is 70.5 cm³/mol. The molecule has 0 atom stereocenters. The van der Waals surface area contributed by atoms with Crippen LogP contribution in [0.2, 0.25) is 0 Å². The lowest BCUT2D eigenvalue weighted by Gasteiger charge is -2.37. The maximum atomic E-state index is 11.3. The molecule has 18 heavy (non-hydrogen) atoms. The van der Waals surface area contributed by atoms with Crippen LogP contribution in [0.15, 0.2) is 12.1 Å². The second-order valence-corrected chi connectivity index (χ2v) is 5.25. The topological polar surface area (TPSA) is 87.4 Å². The lowest BCUT2D eigenvalue weighted by molar-refractivity contribution is -0.115. The van der Waals surface area contributed by atoms with Crippen molar-refractivity contribution in [2.45, 2.75) is 31.3 Å². The molecule has 0 unspecified atom stereocenters. The molecule has 1 heterocycles. The summed E-state index contributed by atoms with van der Waals surface area (Å²) in [6.45, 7) is 0.504. The molecule has 0 spiro atoms. The van der Waals surface area contributed by atoms with Gasteiger partial charge in [-0.25, -0.2) is 0 Å². The van der Waals surface area contributed by atoms with Crippen LogP contribution in [0.5, 0.6) is 0 Å². The number of rotatable bonds is 3. The molecule has 2 aliphatic rings. The van der Waals surface area contributed by atoms with Gasteiger partial charge >= 0.3 is 0 Å². The Hall–Kier alpha value is -1.75. The summed E-state index contributed by atoms with van der Waals surface area (Å²) in [5, 5.41) is 16.0. The van der Waals surface area contributed by atoms with Crippen molar-refractivity contribution in [3.8, 4) is 0 Å². The SMILES string of the molecule is Nc1cc2c(cc1NCC1(O)CCC1)NC(=O)C2. The van der Waals surface area contributed by atoms with E-state index in [1.165, 1.54) is 0 Å². The summed E-state index contributed by atoms with van der Waals surface area (Å²) in [5.41, 5.74) is 8.50. The van der Waals surface area contributed by atoms with Crippen molar-refractivity contribution in [2.24, 2.45) is 0 Å². The van der Waals surface area contributed by atoms with E-state index in [1.807, 2.05) is 12.1 Å². The van der Waals surface area contributed by atoms with Gasteiger partial charge in [-0.2, -0.15) is 0 Å². The highest BCUT2D eigenvalue weighted by Crippen LogP contribution is 2.34. The first-order valence-electron chi connectivity index (χ1n) is 6.24. The van der Waals surface area contributed by atoms with E-state index in [0.29, 0.717) is 18.7 Å². The van der Waals surface area contributed by atoms with Gasteiger partial charge in [0, 0.05) is 12.2 Å². The largest absolute Gasteiger partial charge is 0.397 e. The minimum Gasteiger partial charge on any atom is -0.397 e. The van der Waals surface area contributed by atoms with Crippen LogP contribution in [0.25, 0.3) is 0 Å². The van der Waals surface area contributed by atoms with E-state index < -0.39 is 5.60 Å². The predicted octanol–water partition coefficient (Wildman–Crippen LogP) is 1.09. The van der Waals surface area contributed by atoms with Gasteiger partial charge in [-0.15, -0.1) is 0 Å². The first-order chi connectivity index (χ1) is 8.56. The Labute approximate surface area is 105 Å². The van der Waals surface area contributed by atoms with Gasteiger partial charge in [0.05, 0.1) is 23.4 Å². The maximum absolute atomic E-state index is 11.3. The number of amides is 1. The number of aliphatic hydroxyl groups is 1. The Morgan fingerprint density at radius 1 is 1.44 bits per heavy atom. The Bertz CT molecular complexity index is 509. The molecule has 1 saturated carbocycles. The maximum Gasteiger partial charge on any atom is 0.228 e. The minimum absolute atomic E-state index is 0.000767. The van der Waals surface area contributed by atoms with E-state index in [1.54, 1.807) is 0 Å². The van der Waals surface area contributed by atoms with E-state index >= 15 is 0 Å². The van der Waals surface area contributed by atoms with Gasteiger partial charge in [-0.05, 0) is 37.0 Å². The number of fused-ring (bicyclic) bond motifs is 1. The summed E-state index contributed by atoms with van der Waals surface area (Å²) in [6.07, 6.45) is 3.14. The average molecular weight is 247 g/mol. The van der Waals surface area contributed by atoms with Crippen molar-refractivity contribution in [3.05, 3.63) is 17.7 Å². The van der Waals surface area contributed by atoms with Gasteiger partial charge in [0.1, 0.15) is 0 Å². The minimum atomic E-state index is -0.589. The molecule has 5 heteroatoms. The van der Waals surface area contributed by atoms with Crippen LogP contribution >= 0.6 is 0 Å². The van der Waals surface area contributed by atoms with Crippen LogP contribution in [0.3, 0.4) is 0 Å². The molecule has 1 aromatic carbocycles. The first-order valence-corrected chi connectivity index (χ1v) is 6.24. The van der Waals surface area contributed by atoms with Gasteiger partial charge in [0.2, 0.25) is 5.91 Å². The van der Waals surface area contributed by atoms with E-state index in [-0.39, 0.29) is 5.91 Å². The van der Waals surface area contributed by atoms with Gasteiger partial charge in [0.15, 0.2) is 0 Å². The molecule has 0 saturated heterocycles. The Morgan fingerprint density at radius 2 is 2.22 bits per heavy atom. The Kier molecular flexibility index (Phi) is 2.45. The Balaban J connectivity index is 1.76. The second-order valence-electron chi connectivity index (χ2n) is 5.25. The number of carbonyl (C=O) groups is 1. The molecule has 1 aliphatic carbocycles. The third-order valence-corrected chi connectivity index (χ3v) is 3.79. The summed E-state index contributed by atoms with van der Waals surface area (Å²) in [4.78, 5) is 11.3. The normalized spacial score (nSPS) is 19.9. The summed E-state index contributed by atoms with van der Waals surface area (Å²) < 4.78 is 0. The molecule has 5 N–H and O–H groups in total. The molecule has 0 radical (unpaired) electrons. The average Bonchev–Trinajstić information content (AvgIpc) is 2.62. The number of anilines is 3. The van der Waals surface area contributed by atoms with Gasteiger partial charge in [-0.3, -0.25) is 4.79 Å². The third-order valence-electron chi connectivity index (χ3n) is 3.79. The van der Waals surface area contributed by atoms with Crippen molar-refractivity contribution >= 4 is 23.0 Å². The van der Waals surface area contributed by atoms with Crippen LogP contribution in [0, 0.1) is 0 Å². The van der Waals surface area contributed by atoms with E-state index in [4.69, 9.17) is 5.73 Å². The van der Waals surface area contributed by atoms with Crippen LogP contribution in [0.4, 0.5) is 17.1 Å². The Morgan fingerprint density at radius 3 is 2.89 bits per heavy atom. The van der Waals surface area contributed by atoms with Gasteiger partial charge in [0.25, 0.3) is 0 Å². The van der Waals surface area contributed by atoms with E-state index in [0.717, 1.165) is 36.2 Å². The number of carbonyl (C=O) groups excluding carboxylic acids is 1. The number of hydrogen-bond acceptors (Lipinski definition) is 4. The van der Waals surface area contributed by atoms with E-state index in [9.17, 15) is 9.90 Å². The summed E-state index contributed by atoms with van der Waals surface area (Å²) in [6, 6.07) is 3.66. The standard InChI is InChI=1S/C13H17N3O2/c14-9-4-8-5-12(17)16-10(8)6-11(9)15-7-13(18)2-1-3-13/h4,6,15,18H,1-3,5,7,14H2,(H,16,17). The molecule has 96 valence electrons. The molecule has 1 fully saturated rings. The number of nitrogens with one attached hydrogen (secondary N) is 2. The molecule has 1 aliphatic heterocycles. The first kappa shape index (κ1) is 11.3. The van der Waals surface area contributed by atoms with Crippen LogP contribution in [-0.2, 0) is 11.2 Å². The fourth-order valence-corrected chi connectivity index (χ4v) is 2.47. The molecular weight excluding hydrogens is 230 g/mol. The second kappa shape index (κ2) is 3.88. The molecule has 0 bridgehead atoms. The van der Waals surface area contributed by atoms with Crippen molar-refractivity contribution in [1.29, 1.82) is 0 Å². The monoisotopic (exact) mass is 247 g/mol. The summed E-state index contributed by atoms with van der Waals surface area (Å²) in [5.74, 6) is -0.000767. The van der Waals surface area contributed by atoms with Crippen LogP contribution in [-0.4, -0.2) is 23.2 Å². The van der Waals surface area contributed by atoms with Crippen molar-refractivity contribution < 1.29 is 9.90 Å². The zero-order valence-corrected chi connectivity index (χ0v) is 10.1. The van der Waals surface area contributed by atoms with E-state index in [2.05, 4.69) is 10.6 Å². The third kappa shape index (κ3) is 1.90. The highest BCUT2D eigenvalue weighted by molar-refractivity contribution is 6.00. The van der Waals surface area contributed by atoms with Crippen molar-refractivity contribution in [2.75, 3.05) is 22.9 Å². The molecule has 3 rings (SSSR count). The van der Waals surface area contributed by atoms with Gasteiger partial charge in [-0.1, -0.05) is 0 Å². The zero-order valence-electron chi connectivity index (χ0n) is 10.1. The highest BCUT2D eigenvalue weighted by atomic mass is 16.3. The van der Waals surface area contributed by atoms with Gasteiger partial charge < -0.3 is 21.5 Å². The lowest BCUT2D eigenvalue weighted by Crippen LogP contribution is -2.43. The zero-order chi connectivity index (χ0) is 12.8. The molecular formula is C13H17N3O2. The number of benzene rings is 1. The van der Waals surface area contributed by atoms with Crippen LogP contribution < -0.4 is 16.4 Å². The molecule has 5 nitrogen and oxygen atoms in total. The molecule has 0 aromatic heterocycles. The number of nitrogen functional groups attached to an aromatic ring is 1. The quantitative estimate of drug-likeness (QED) is 0.602. The molecule has 1 aromatic rings. The molecule has 1 amide bonds. The van der Waals surface area contributed by atoms with Crippen LogP contribution in [0.1, 0.15) is 24.8 Å². The number of nitrogens with two attached hydrogens (primary N) is 1. The number of hydrogen-bond donors (Lipinski definition) is 4. The summed E-state index contributed by atoms with van der Waals surface area (Å²) in [7, 11) is 0. The fraction of sp³-hybridized carbons (Fsp3) is 0.462. The van der Waals surface area contributed by atoms with Crippen molar-refractivity contribution in [1.82, 2.24) is 0 Å². The summed E-state index contributed by atoms with van der Waals surface area (Å²) >= 11 is 0.